The topological polar surface area (TPSA) is 61.9 Å². The summed E-state index contributed by atoms with van der Waals surface area (Å²) < 4.78 is 5.65. The first-order chi connectivity index (χ1) is 12.6. The van der Waals surface area contributed by atoms with Crippen LogP contribution in [0.3, 0.4) is 0 Å². The molecule has 2 amide bonds. The normalized spacial score (nSPS) is 19.8. The molecule has 0 aliphatic carbocycles. The summed E-state index contributed by atoms with van der Waals surface area (Å²) in [5.41, 5.74) is 0.658. The molecule has 0 radical (unpaired) electrons. The molecule has 1 N–H and O–H groups in total. The Balaban J connectivity index is 1.64. The molecule has 1 atom stereocenters. The number of carbonyl (C=O) groups excluding carboxylic acids is 2. The van der Waals surface area contributed by atoms with Gasteiger partial charge in [-0.1, -0.05) is 6.07 Å². The number of amides is 2. The molecule has 1 aromatic rings. The largest absolute Gasteiger partial charge is 0.484 e. The molecule has 0 spiro atoms. The molecule has 0 saturated carbocycles. The zero-order valence-electron chi connectivity index (χ0n) is 14.8. The fourth-order valence-corrected chi connectivity index (χ4v) is 3.93. The smallest absolute Gasteiger partial charge is 0.260 e. The van der Waals surface area contributed by atoms with Gasteiger partial charge >= 0.3 is 0 Å². The van der Waals surface area contributed by atoms with Crippen LogP contribution >= 0.6 is 24.0 Å². The van der Waals surface area contributed by atoms with Gasteiger partial charge < -0.3 is 15.0 Å². The molecule has 26 heavy (non-hydrogen) atoms. The third kappa shape index (κ3) is 4.29. The van der Waals surface area contributed by atoms with Crippen molar-refractivity contribution in [3.63, 3.8) is 0 Å². The fourth-order valence-electron chi connectivity index (χ4n) is 3.12. The highest BCUT2D eigenvalue weighted by molar-refractivity contribution is 7.98. The van der Waals surface area contributed by atoms with Crippen LogP contribution in [0.4, 0.5) is 5.69 Å². The molecule has 1 aromatic carbocycles. The number of ether oxygens (including phenoxy) is 1. The van der Waals surface area contributed by atoms with Gasteiger partial charge in [-0.25, -0.2) is 0 Å². The summed E-state index contributed by atoms with van der Waals surface area (Å²) in [6.45, 7) is 1.63. The van der Waals surface area contributed by atoms with Gasteiger partial charge in [-0.2, -0.15) is 11.8 Å². The predicted octanol–water partition coefficient (Wildman–Crippen LogP) is 2.03. The zero-order chi connectivity index (χ0) is 18.5. The standard InChI is InChI=1S/C18H23N3O3S2/c1-26-10-7-15-17(23)21(18(25)19-15)13-5-4-6-14(11-13)24-12-16(22)20-8-2-3-9-20/h4-6,11,15H,2-3,7-10,12H2,1H3,(H,19,25)/t15-/m0/s1. The Bertz CT molecular complexity index is 692. The second kappa shape index (κ2) is 8.73. The number of nitrogens with zero attached hydrogens (tertiary/aromatic N) is 2. The third-order valence-corrected chi connectivity index (χ3v) is 5.47. The molecule has 0 bridgehead atoms. The molecule has 0 aromatic heterocycles. The van der Waals surface area contributed by atoms with E-state index in [4.69, 9.17) is 17.0 Å². The van der Waals surface area contributed by atoms with E-state index >= 15 is 0 Å². The van der Waals surface area contributed by atoms with Crippen LogP contribution in [0.15, 0.2) is 24.3 Å². The van der Waals surface area contributed by atoms with Crippen molar-refractivity contribution in [3.05, 3.63) is 24.3 Å². The Labute approximate surface area is 163 Å². The molecule has 2 heterocycles. The number of carbonyl (C=O) groups is 2. The van der Waals surface area contributed by atoms with E-state index in [-0.39, 0.29) is 24.5 Å². The monoisotopic (exact) mass is 393 g/mol. The molecule has 2 saturated heterocycles. The van der Waals surface area contributed by atoms with Crippen LogP contribution in [-0.4, -0.2) is 59.6 Å². The van der Waals surface area contributed by atoms with Crippen molar-refractivity contribution in [1.29, 1.82) is 0 Å². The first-order valence-corrected chi connectivity index (χ1v) is 10.5. The van der Waals surface area contributed by atoms with Gasteiger partial charge in [-0.3, -0.25) is 14.5 Å². The molecule has 140 valence electrons. The second-order valence-electron chi connectivity index (χ2n) is 6.33. The highest BCUT2D eigenvalue weighted by atomic mass is 32.2. The van der Waals surface area contributed by atoms with Crippen molar-refractivity contribution in [2.75, 3.05) is 36.6 Å². The Hall–Kier alpha value is -1.80. The van der Waals surface area contributed by atoms with Gasteiger partial charge in [0.05, 0.1) is 5.69 Å². The van der Waals surface area contributed by atoms with Gasteiger partial charge in [0, 0.05) is 19.2 Å². The predicted molar refractivity (Wildman–Crippen MR) is 108 cm³/mol. The number of hydrogen-bond acceptors (Lipinski definition) is 5. The summed E-state index contributed by atoms with van der Waals surface area (Å²) >= 11 is 7.04. The lowest BCUT2D eigenvalue weighted by Gasteiger charge is -2.18. The molecule has 0 unspecified atom stereocenters. The molecular weight excluding hydrogens is 370 g/mol. The highest BCUT2D eigenvalue weighted by Gasteiger charge is 2.36. The van der Waals surface area contributed by atoms with E-state index in [0.717, 1.165) is 38.1 Å². The SMILES string of the molecule is CSCC[C@@H]1NC(=S)N(c2cccc(OCC(=O)N3CCCC3)c2)C1=O. The number of likely N-dealkylation sites (tertiary alicyclic amines) is 1. The van der Waals surface area contributed by atoms with Crippen LogP contribution < -0.4 is 15.0 Å². The molecule has 2 fully saturated rings. The van der Waals surface area contributed by atoms with E-state index in [1.54, 1.807) is 30.0 Å². The van der Waals surface area contributed by atoms with Crippen molar-refractivity contribution in [3.8, 4) is 5.75 Å². The highest BCUT2D eigenvalue weighted by Crippen LogP contribution is 2.25. The lowest BCUT2D eigenvalue weighted by molar-refractivity contribution is -0.132. The average Bonchev–Trinajstić information content (AvgIpc) is 3.27. The van der Waals surface area contributed by atoms with E-state index in [2.05, 4.69) is 5.32 Å². The maximum Gasteiger partial charge on any atom is 0.260 e. The van der Waals surface area contributed by atoms with Gasteiger partial charge in [0.1, 0.15) is 11.8 Å². The summed E-state index contributed by atoms with van der Waals surface area (Å²) in [7, 11) is 0. The number of thioether (sulfide) groups is 1. The lowest BCUT2D eigenvalue weighted by Crippen LogP contribution is -2.32. The van der Waals surface area contributed by atoms with Crippen LogP contribution in [-0.2, 0) is 9.59 Å². The Morgan fingerprint density at radius 1 is 1.38 bits per heavy atom. The number of anilines is 1. The first-order valence-electron chi connectivity index (χ1n) is 8.74. The molecule has 2 aliphatic rings. The molecule has 6 nitrogen and oxygen atoms in total. The van der Waals surface area contributed by atoms with Crippen molar-refractivity contribution >= 4 is 46.6 Å². The summed E-state index contributed by atoms with van der Waals surface area (Å²) in [5, 5.41) is 3.50. The van der Waals surface area contributed by atoms with Crippen LogP contribution in [0.5, 0.6) is 5.75 Å². The van der Waals surface area contributed by atoms with E-state index in [0.29, 0.717) is 16.5 Å². The van der Waals surface area contributed by atoms with Gasteiger partial charge in [-0.15, -0.1) is 0 Å². The fraction of sp³-hybridized carbons (Fsp3) is 0.500. The Morgan fingerprint density at radius 3 is 2.88 bits per heavy atom. The third-order valence-electron chi connectivity index (χ3n) is 4.53. The quantitative estimate of drug-likeness (QED) is 0.716. The number of benzene rings is 1. The summed E-state index contributed by atoms with van der Waals surface area (Å²) in [5.74, 6) is 1.40. The van der Waals surface area contributed by atoms with E-state index in [1.807, 2.05) is 17.2 Å². The summed E-state index contributed by atoms with van der Waals surface area (Å²) in [4.78, 5) is 28.1. The van der Waals surface area contributed by atoms with Crippen molar-refractivity contribution in [2.24, 2.45) is 0 Å². The number of thiocarbonyl (C=S) groups is 1. The van der Waals surface area contributed by atoms with E-state index < -0.39 is 0 Å². The van der Waals surface area contributed by atoms with Gasteiger partial charge in [0.15, 0.2) is 11.7 Å². The summed E-state index contributed by atoms with van der Waals surface area (Å²) in [6, 6.07) is 6.87. The van der Waals surface area contributed by atoms with E-state index in [9.17, 15) is 9.59 Å². The average molecular weight is 394 g/mol. The number of nitrogens with one attached hydrogen (secondary N) is 1. The number of hydrogen-bond donors (Lipinski definition) is 1. The van der Waals surface area contributed by atoms with Crippen LogP contribution in [0.25, 0.3) is 0 Å². The minimum Gasteiger partial charge on any atom is -0.484 e. The van der Waals surface area contributed by atoms with Crippen LogP contribution in [0.2, 0.25) is 0 Å². The van der Waals surface area contributed by atoms with Crippen molar-refractivity contribution in [2.45, 2.75) is 25.3 Å². The maximum absolute atomic E-state index is 12.6. The summed E-state index contributed by atoms with van der Waals surface area (Å²) in [6.07, 6.45) is 4.86. The van der Waals surface area contributed by atoms with E-state index in [1.165, 1.54) is 4.90 Å². The minimum atomic E-state index is -0.281. The second-order valence-corrected chi connectivity index (χ2v) is 7.70. The van der Waals surface area contributed by atoms with Crippen LogP contribution in [0, 0.1) is 0 Å². The minimum absolute atomic E-state index is 0.000492. The molecule has 8 heteroatoms. The molecule has 3 rings (SSSR count). The molecule has 2 aliphatic heterocycles. The Morgan fingerprint density at radius 2 is 2.15 bits per heavy atom. The van der Waals surface area contributed by atoms with Crippen molar-refractivity contribution in [1.82, 2.24) is 10.2 Å². The number of rotatable bonds is 7. The van der Waals surface area contributed by atoms with Gasteiger partial charge in [0.25, 0.3) is 11.8 Å². The zero-order valence-corrected chi connectivity index (χ0v) is 16.4. The van der Waals surface area contributed by atoms with Gasteiger partial charge in [-0.05, 0) is 55.6 Å². The maximum atomic E-state index is 12.6. The Kier molecular flexibility index (Phi) is 6.37. The van der Waals surface area contributed by atoms with Crippen LogP contribution in [0.1, 0.15) is 19.3 Å². The lowest BCUT2D eigenvalue weighted by atomic mass is 10.2. The molecular formula is C18H23N3O3S2. The van der Waals surface area contributed by atoms with Crippen molar-refractivity contribution < 1.29 is 14.3 Å². The van der Waals surface area contributed by atoms with Gasteiger partial charge in [0.2, 0.25) is 0 Å². The first kappa shape index (κ1) is 19.0.